The molecule has 2 rings (SSSR count). The number of non-ortho nitro benzene ring substituents is 1. The van der Waals surface area contributed by atoms with Gasteiger partial charge in [0.15, 0.2) is 0 Å². The Morgan fingerprint density at radius 1 is 1.38 bits per heavy atom. The monoisotopic (exact) mass is 328 g/mol. The number of aromatic nitrogens is 2. The predicted molar refractivity (Wildman–Crippen MR) is 82.2 cm³/mol. The van der Waals surface area contributed by atoms with Crippen LogP contribution < -0.4 is 5.32 Å². The van der Waals surface area contributed by atoms with Crippen LogP contribution in [0.3, 0.4) is 0 Å². The van der Waals surface area contributed by atoms with Gasteiger partial charge in [-0.15, -0.1) is 0 Å². The van der Waals surface area contributed by atoms with Gasteiger partial charge in [-0.2, -0.15) is 5.10 Å². The first-order chi connectivity index (χ1) is 10.0. The van der Waals surface area contributed by atoms with E-state index in [-0.39, 0.29) is 15.7 Å². The molecule has 21 heavy (non-hydrogen) atoms. The zero-order chi connectivity index (χ0) is 15.4. The summed E-state index contributed by atoms with van der Waals surface area (Å²) in [6, 6.07) is 4.37. The van der Waals surface area contributed by atoms with E-state index in [9.17, 15) is 10.1 Å². The van der Waals surface area contributed by atoms with Gasteiger partial charge in [0.25, 0.3) is 5.69 Å². The molecular weight excluding hydrogens is 315 g/mol. The lowest BCUT2D eigenvalue weighted by atomic mass is 10.3. The van der Waals surface area contributed by atoms with Gasteiger partial charge in [0.2, 0.25) is 0 Å². The highest BCUT2D eigenvalue weighted by atomic mass is 35.5. The molecule has 0 unspecified atom stereocenters. The van der Waals surface area contributed by atoms with Crippen molar-refractivity contribution in [3.8, 4) is 5.69 Å². The molecule has 1 aromatic heterocycles. The van der Waals surface area contributed by atoms with Gasteiger partial charge in [-0.25, -0.2) is 4.68 Å². The molecule has 0 aliphatic carbocycles. The highest BCUT2D eigenvalue weighted by Gasteiger charge is 2.16. The number of hydrogen-bond acceptors (Lipinski definition) is 4. The molecule has 8 heteroatoms. The standard InChI is InChI=1S/C13H14Cl2N4O2/c1-2-4-16-8-9-3-5-18(17-9)13-11(14)6-10(19(20)21)7-12(13)15/h3,5-7,16H,2,4,8H2,1H3. The first-order valence-corrected chi connectivity index (χ1v) is 7.17. The van der Waals surface area contributed by atoms with Gasteiger partial charge < -0.3 is 5.32 Å². The molecule has 0 atom stereocenters. The maximum absolute atomic E-state index is 10.8. The van der Waals surface area contributed by atoms with E-state index >= 15 is 0 Å². The van der Waals surface area contributed by atoms with Gasteiger partial charge in [0.1, 0.15) is 5.69 Å². The molecule has 112 valence electrons. The minimum atomic E-state index is -0.537. The van der Waals surface area contributed by atoms with Crippen LogP contribution >= 0.6 is 23.2 Å². The van der Waals surface area contributed by atoms with Crippen molar-refractivity contribution < 1.29 is 4.92 Å². The fourth-order valence-electron chi connectivity index (χ4n) is 1.85. The molecule has 0 fully saturated rings. The minimum absolute atomic E-state index is 0.147. The highest BCUT2D eigenvalue weighted by Crippen LogP contribution is 2.32. The smallest absolute Gasteiger partial charge is 0.272 e. The number of halogens is 2. The fourth-order valence-corrected chi connectivity index (χ4v) is 2.50. The van der Waals surface area contributed by atoms with E-state index in [2.05, 4.69) is 17.3 Å². The Hall–Kier alpha value is -1.63. The predicted octanol–water partition coefficient (Wildman–Crippen LogP) is 3.59. The Morgan fingerprint density at radius 2 is 2.05 bits per heavy atom. The van der Waals surface area contributed by atoms with Crippen LogP contribution in [0.25, 0.3) is 5.69 Å². The van der Waals surface area contributed by atoms with Crippen LogP contribution in [0.2, 0.25) is 10.0 Å². The molecule has 6 nitrogen and oxygen atoms in total. The quantitative estimate of drug-likeness (QED) is 0.499. The maximum atomic E-state index is 10.8. The van der Waals surface area contributed by atoms with Crippen molar-refractivity contribution in [2.45, 2.75) is 19.9 Å². The van der Waals surface area contributed by atoms with Crippen LogP contribution in [-0.2, 0) is 6.54 Å². The van der Waals surface area contributed by atoms with Gasteiger partial charge in [0.05, 0.1) is 20.7 Å². The van der Waals surface area contributed by atoms with E-state index in [1.165, 1.54) is 16.8 Å². The summed E-state index contributed by atoms with van der Waals surface area (Å²) in [6.45, 7) is 3.64. The third-order valence-electron chi connectivity index (χ3n) is 2.82. The average Bonchev–Trinajstić information content (AvgIpc) is 2.86. The van der Waals surface area contributed by atoms with E-state index in [0.717, 1.165) is 18.7 Å². The molecule has 0 saturated carbocycles. The van der Waals surface area contributed by atoms with Crippen molar-refractivity contribution in [1.29, 1.82) is 0 Å². The number of nitro groups is 1. The fraction of sp³-hybridized carbons (Fsp3) is 0.308. The Bertz CT molecular complexity index is 634. The molecule has 0 bridgehead atoms. The Labute approximate surface area is 131 Å². The molecule has 2 aromatic rings. The van der Waals surface area contributed by atoms with E-state index in [4.69, 9.17) is 23.2 Å². The number of hydrogen-bond donors (Lipinski definition) is 1. The topological polar surface area (TPSA) is 73.0 Å². The second kappa shape index (κ2) is 6.89. The summed E-state index contributed by atoms with van der Waals surface area (Å²) < 4.78 is 1.53. The molecule has 1 N–H and O–H groups in total. The van der Waals surface area contributed by atoms with Crippen LogP contribution in [0.5, 0.6) is 0 Å². The summed E-state index contributed by atoms with van der Waals surface area (Å²) in [5.41, 5.74) is 1.13. The molecule has 0 aliphatic heterocycles. The number of benzene rings is 1. The SMILES string of the molecule is CCCNCc1ccn(-c2c(Cl)cc([N+](=O)[O-])cc2Cl)n1. The van der Waals surface area contributed by atoms with Crippen LogP contribution in [-0.4, -0.2) is 21.2 Å². The summed E-state index contributed by atoms with van der Waals surface area (Å²) in [5.74, 6) is 0. The first-order valence-electron chi connectivity index (χ1n) is 6.42. The van der Waals surface area contributed by atoms with Crippen molar-refractivity contribution in [2.24, 2.45) is 0 Å². The third-order valence-corrected chi connectivity index (χ3v) is 3.40. The largest absolute Gasteiger partial charge is 0.311 e. The number of nitrogens with zero attached hydrogens (tertiary/aromatic N) is 3. The van der Waals surface area contributed by atoms with Crippen molar-refractivity contribution in [1.82, 2.24) is 15.1 Å². The highest BCUT2D eigenvalue weighted by molar-refractivity contribution is 6.38. The van der Waals surface area contributed by atoms with Crippen LogP contribution in [0.15, 0.2) is 24.4 Å². The van der Waals surface area contributed by atoms with E-state index in [1.807, 2.05) is 6.07 Å². The summed E-state index contributed by atoms with van der Waals surface area (Å²) >= 11 is 12.2. The summed E-state index contributed by atoms with van der Waals surface area (Å²) in [7, 11) is 0. The zero-order valence-corrected chi connectivity index (χ0v) is 12.9. The van der Waals surface area contributed by atoms with Crippen molar-refractivity contribution >= 4 is 28.9 Å². The van der Waals surface area contributed by atoms with E-state index in [1.54, 1.807) is 6.20 Å². The van der Waals surface area contributed by atoms with Gasteiger partial charge in [0, 0.05) is 24.9 Å². The minimum Gasteiger partial charge on any atom is -0.311 e. The van der Waals surface area contributed by atoms with Gasteiger partial charge >= 0.3 is 0 Å². The van der Waals surface area contributed by atoms with Gasteiger partial charge in [-0.3, -0.25) is 10.1 Å². The summed E-state index contributed by atoms with van der Waals surface area (Å²) in [6.07, 6.45) is 2.77. The molecule has 1 aromatic carbocycles. The summed E-state index contributed by atoms with van der Waals surface area (Å²) in [4.78, 5) is 10.2. The molecule has 0 radical (unpaired) electrons. The Morgan fingerprint density at radius 3 is 2.62 bits per heavy atom. The molecule has 0 aliphatic rings. The molecule has 0 saturated heterocycles. The van der Waals surface area contributed by atoms with Gasteiger partial charge in [-0.1, -0.05) is 30.1 Å². The van der Waals surface area contributed by atoms with Crippen molar-refractivity contribution in [3.63, 3.8) is 0 Å². The Kier molecular flexibility index (Phi) is 5.17. The van der Waals surface area contributed by atoms with Gasteiger partial charge in [-0.05, 0) is 19.0 Å². The normalized spacial score (nSPS) is 10.8. The number of rotatable bonds is 6. The second-order valence-corrected chi connectivity index (χ2v) is 5.26. The average molecular weight is 329 g/mol. The second-order valence-electron chi connectivity index (χ2n) is 4.44. The van der Waals surface area contributed by atoms with Crippen molar-refractivity contribution in [2.75, 3.05) is 6.54 Å². The van der Waals surface area contributed by atoms with Crippen LogP contribution in [0.1, 0.15) is 19.0 Å². The lowest BCUT2D eigenvalue weighted by molar-refractivity contribution is -0.384. The summed E-state index contributed by atoms with van der Waals surface area (Å²) in [5, 5.41) is 18.7. The Balaban J connectivity index is 2.28. The van der Waals surface area contributed by atoms with Crippen LogP contribution in [0, 0.1) is 10.1 Å². The lowest BCUT2D eigenvalue weighted by Gasteiger charge is -2.07. The van der Waals surface area contributed by atoms with Crippen molar-refractivity contribution in [3.05, 3.63) is 50.2 Å². The lowest BCUT2D eigenvalue weighted by Crippen LogP contribution is -2.14. The number of nitro benzene ring substituents is 1. The number of nitrogens with one attached hydrogen (secondary N) is 1. The molecule has 0 amide bonds. The van der Waals surface area contributed by atoms with Crippen LogP contribution in [0.4, 0.5) is 5.69 Å². The maximum Gasteiger partial charge on any atom is 0.272 e. The first kappa shape index (κ1) is 15.8. The molecule has 0 spiro atoms. The van der Waals surface area contributed by atoms with E-state index < -0.39 is 4.92 Å². The molecular formula is C13H14Cl2N4O2. The van der Waals surface area contributed by atoms with E-state index in [0.29, 0.717) is 12.2 Å². The third kappa shape index (κ3) is 3.72. The zero-order valence-electron chi connectivity index (χ0n) is 11.3. The molecule has 1 heterocycles.